The lowest BCUT2D eigenvalue weighted by Gasteiger charge is -2.21. The average molecular weight is 254 g/mol. The second-order valence-corrected chi connectivity index (χ2v) is 5.87. The first kappa shape index (κ1) is 14.5. The molecule has 0 spiro atoms. The summed E-state index contributed by atoms with van der Waals surface area (Å²) in [6.07, 6.45) is 2.25. The molecule has 1 rings (SSSR count). The van der Waals surface area contributed by atoms with Crippen molar-refractivity contribution in [1.82, 2.24) is 5.32 Å². The van der Waals surface area contributed by atoms with Crippen LogP contribution >= 0.6 is 11.6 Å². The molecule has 0 fully saturated rings. The fourth-order valence-corrected chi connectivity index (χ4v) is 2.55. The largest absolute Gasteiger partial charge is 0.311 e. The molecule has 0 aliphatic rings. The van der Waals surface area contributed by atoms with E-state index in [1.54, 1.807) is 0 Å². The molecule has 0 aromatic heterocycles. The topological polar surface area (TPSA) is 12.0 Å². The van der Waals surface area contributed by atoms with Crippen molar-refractivity contribution in [1.29, 1.82) is 0 Å². The summed E-state index contributed by atoms with van der Waals surface area (Å²) < 4.78 is 0. The highest BCUT2D eigenvalue weighted by Crippen LogP contribution is 2.13. The molecule has 0 bridgehead atoms. The molecule has 0 saturated carbocycles. The summed E-state index contributed by atoms with van der Waals surface area (Å²) in [7, 11) is 0. The maximum absolute atomic E-state index is 5.98. The number of hydrogen-bond donors (Lipinski definition) is 1. The van der Waals surface area contributed by atoms with Gasteiger partial charge in [-0.15, -0.1) is 0 Å². The molecule has 0 saturated heterocycles. The van der Waals surface area contributed by atoms with Crippen LogP contribution in [0.3, 0.4) is 0 Å². The molecule has 1 aromatic rings. The quantitative estimate of drug-likeness (QED) is 0.797. The Morgan fingerprint density at radius 1 is 1.12 bits per heavy atom. The van der Waals surface area contributed by atoms with Gasteiger partial charge < -0.3 is 5.32 Å². The smallest absolute Gasteiger partial charge is 0.0408 e. The van der Waals surface area contributed by atoms with Crippen molar-refractivity contribution in [2.75, 3.05) is 0 Å². The Balaban J connectivity index is 2.41. The molecule has 0 radical (unpaired) electrons. The summed E-state index contributed by atoms with van der Waals surface area (Å²) in [6.45, 7) is 9.02. The van der Waals surface area contributed by atoms with Crippen LogP contribution in [0, 0.1) is 5.92 Å². The van der Waals surface area contributed by atoms with Gasteiger partial charge in [0, 0.05) is 17.1 Å². The third-order valence-corrected chi connectivity index (χ3v) is 3.06. The Morgan fingerprint density at radius 2 is 1.82 bits per heavy atom. The lowest BCUT2D eigenvalue weighted by atomic mass is 10.0. The van der Waals surface area contributed by atoms with Crippen molar-refractivity contribution in [3.05, 3.63) is 34.9 Å². The summed E-state index contributed by atoms with van der Waals surface area (Å²) in [5, 5.41) is 4.46. The van der Waals surface area contributed by atoms with E-state index in [0.717, 1.165) is 17.4 Å². The molecule has 0 amide bonds. The van der Waals surface area contributed by atoms with Gasteiger partial charge >= 0.3 is 0 Å². The third kappa shape index (κ3) is 6.09. The first-order chi connectivity index (χ1) is 7.97. The third-order valence-electron chi connectivity index (χ3n) is 2.82. The zero-order chi connectivity index (χ0) is 12.8. The Kier molecular flexibility index (Phi) is 6.01. The highest BCUT2D eigenvalue weighted by atomic mass is 35.5. The summed E-state index contributed by atoms with van der Waals surface area (Å²) >= 11 is 5.98. The number of halogens is 1. The van der Waals surface area contributed by atoms with Crippen LogP contribution in [0.15, 0.2) is 24.3 Å². The van der Waals surface area contributed by atoms with Gasteiger partial charge in [-0.2, -0.15) is 0 Å². The van der Waals surface area contributed by atoms with Gasteiger partial charge in [-0.1, -0.05) is 37.6 Å². The summed E-state index contributed by atoms with van der Waals surface area (Å²) in [6, 6.07) is 9.18. The van der Waals surface area contributed by atoms with Gasteiger partial charge in [-0.3, -0.25) is 0 Å². The molecule has 96 valence electrons. The molecule has 1 nitrogen and oxygen atoms in total. The molecule has 2 unspecified atom stereocenters. The van der Waals surface area contributed by atoms with Crippen LogP contribution in [0.25, 0.3) is 0 Å². The van der Waals surface area contributed by atoms with Gasteiger partial charge in [0.05, 0.1) is 0 Å². The monoisotopic (exact) mass is 253 g/mol. The van der Waals surface area contributed by atoms with Crippen molar-refractivity contribution in [3.8, 4) is 0 Å². The van der Waals surface area contributed by atoms with Gasteiger partial charge in [-0.05, 0) is 50.3 Å². The second kappa shape index (κ2) is 7.03. The lowest BCUT2D eigenvalue weighted by Crippen LogP contribution is -2.36. The normalized spacial score (nSPS) is 14.9. The maximum atomic E-state index is 5.98. The van der Waals surface area contributed by atoms with Crippen LogP contribution in [0.1, 0.15) is 39.7 Å². The Hall–Kier alpha value is -0.530. The van der Waals surface area contributed by atoms with Crippen molar-refractivity contribution in [2.45, 2.75) is 52.6 Å². The van der Waals surface area contributed by atoms with Crippen LogP contribution in [0.2, 0.25) is 5.02 Å². The van der Waals surface area contributed by atoms with E-state index in [0.29, 0.717) is 12.1 Å². The molecule has 1 N–H and O–H groups in total. The van der Waals surface area contributed by atoms with E-state index >= 15 is 0 Å². The predicted molar refractivity (Wildman–Crippen MR) is 76.7 cm³/mol. The minimum absolute atomic E-state index is 0.488. The average Bonchev–Trinajstić information content (AvgIpc) is 2.14. The van der Waals surface area contributed by atoms with E-state index in [1.165, 1.54) is 12.0 Å². The standard InChI is InChI=1S/C15H24ClN/c1-11(2)8-12(3)17-13(4)9-14-6-5-7-15(16)10-14/h5-7,10-13,17H,8-9H2,1-4H3. The van der Waals surface area contributed by atoms with E-state index in [-0.39, 0.29) is 0 Å². The number of rotatable bonds is 6. The number of hydrogen-bond acceptors (Lipinski definition) is 1. The molecular formula is C15H24ClN. The van der Waals surface area contributed by atoms with Crippen LogP contribution in [0.4, 0.5) is 0 Å². The van der Waals surface area contributed by atoms with E-state index in [9.17, 15) is 0 Å². The molecule has 0 heterocycles. The predicted octanol–water partition coefficient (Wildman–Crippen LogP) is 4.30. The Labute approximate surface area is 111 Å². The SMILES string of the molecule is CC(C)CC(C)NC(C)Cc1cccc(Cl)c1. The highest BCUT2D eigenvalue weighted by Gasteiger charge is 2.09. The molecule has 2 heteroatoms. The Bertz CT molecular complexity index is 335. The summed E-state index contributed by atoms with van der Waals surface area (Å²) in [5.74, 6) is 0.746. The lowest BCUT2D eigenvalue weighted by molar-refractivity contribution is 0.400. The van der Waals surface area contributed by atoms with E-state index in [2.05, 4.69) is 39.1 Å². The second-order valence-electron chi connectivity index (χ2n) is 5.43. The first-order valence-corrected chi connectivity index (χ1v) is 6.85. The van der Waals surface area contributed by atoms with E-state index < -0.39 is 0 Å². The molecule has 2 atom stereocenters. The van der Waals surface area contributed by atoms with Crippen molar-refractivity contribution >= 4 is 11.6 Å². The zero-order valence-corrected chi connectivity index (χ0v) is 12.1. The van der Waals surface area contributed by atoms with Gasteiger partial charge in [0.15, 0.2) is 0 Å². The number of nitrogens with one attached hydrogen (secondary N) is 1. The first-order valence-electron chi connectivity index (χ1n) is 6.48. The molecule has 0 aliphatic heterocycles. The van der Waals surface area contributed by atoms with E-state index in [4.69, 9.17) is 11.6 Å². The summed E-state index contributed by atoms with van der Waals surface area (Å²) in [4.78, 5) is 0. The van der Waals surface area contributed by atoms with Gasteiger partial charge in [0.1, 0.15) is 0 Å². The zero-order valence-electron chi connectivity index (χ0n) is 11.3. The Morgan fingerprint density at radius 3 is 2.41 bits per heavy atom. The van der Waals surface area contributed by atoms with Crippen LogP contribution < -0.4 is 5.32 Å². The van der Waals surface area contributed by atoms with E-state index in [1.807, 2.05) is 18.2 Å². The molecule has 0 aliphatic carbocycles. The van der Waals surface area contributed by atoms with Gasteiger partial charge in [0.2, 0.25) is 0 Å². The number of benzene rings is 1. The molecule has 17 heavy (non-hydrogen) atoms. The molecular weight excluding hydrogens is 230 g/mol. The van der Waals surface area contributed by atoms with Crippen molar-refractivity contribution in [2.24, 2.45) is 5.92 Å². The van der Waals surface area contributed by atoms with Crippen LogP contribution in [-0.2, 0) is 6.42 Å². The maximum Gasteiger partial charge on any atom is 0.0408 e. The van der Waals surface area contributed by atoms with Gasteiger partial charge in [-0.25, -0.2) is 0 Å². The van der Waals surface area contributed by atoms with Gasteiger partial charge in [0.25, 0.3) is 0 Å². The van der Waals surface area contributed by atoms with Crippen molar-refractivity contribution < 1.29 is 0 Å². The fourth-order valence-electron chi connectivity index (χ4n) is 2.34. The van der Waals surface area contributed by atoms with Crippen LogP contribution in [0.5, 0.6) is 0 Å². The minimum atomic E-state index is 0.488. The summed E-state index contributed by atoms with van der Waals surface area (Å²) in [5.41, 5.74) is 1.30. The van der Waals surface area contributed by atoms with Crippen molar-refractivity contribution in [3.63, 3.8) is 0 Å². The fraction of sp³-hybridized carbons (Fsp3) is 0.600. The molecule has 1 aromatic carbocycles. The van der Waals surface area contributed by atoms with Crippen LogP contribution in [-0.4, -0.2) is 12.1 Å². The highest BCUT2D eigenvalue weighted by molar-refractivity contribution is 6.30. The minimum Gasteiger partial charge on any atom is -0.311 e.